The fraction of sp³-hybridized carbons (Fsp3) is 0.158. The third-order valence-corrected chi connectivity index (χ3v) is 4.98. The Labute approximate surface area is 149 Å². The molecule has 0 atom stereocenters. The Morgan fingerprint density at radius 1 is 1.20 bits per heavy atom. The van der Waals surface area contributed by atoms with Crippen molar-refractivity contribution in [3.05, 3.63) is 66.0 Å². The van der Waals surface area contributed by atoms with Crippen molar-refractivity contribution < 1.29 is 14.3 Å². The Bertz CT molecular complexity index is 936. The van der Waals surface area contributed by atoms with Crippen LogP contribution in [0.5, 0.6) is 11.5 Å². The van der Waals surface area contributed by atoms with E-state index in [0.717, 1.165) is 16.4 Å². The smallest absolute Gasteiger partial charge is 0.231 e. The predicted molar refractivity (Wildman–Crippen MR) is 95.9 cm³/mol. The number of Topliss-reactive ketones (excluding diaryl/α,β-unsaturated/α-hetero) is 1. The Morgan fingerprint density at radius 3 is 2.92 bits per heavy atom. The van der Waals surface area contributed by atoms with Gasteiger partial charge in [0.25, 0.3) is 0 Å². The van der Waals surface area contributed by atoms with Crippen molar-refractivity contribution in [3.8, 4) is 17.2 Å². The molecule has 0 amide bonds. The molecule has 0 saturated carbocycles. The summed E-state index contributed by atoms with van der Waals surface area (Å²) in [5, 5.41) is 0.795. The highest BCUT2D eigenvalue weighted by atomic mass is 32.2. The van der Waals surface area contributed by atoms with Crippen LogP contribution in [0.2, 0.25) is 0 Å². The SMILES string of the molecule is Cc1ccccc1-n1ccnc1SCC(=O)c1ccc2c(c1)OCO2. The predicted octanol–water partition coefficient (Wildman–Crippen LogP) is 3.88. The zero-order chi connectivity index (χ0) is 17.2. The first kappa shape index (κ1) is 15.8. The lowest BCUT2D eigenvalue weighted by atomic mass is 10.1. The molecule has 4 rings (SSSR count). The molecule has 0 N–H and O–H groups in total. The van der Waals surface area contributed by atoms with Crippen LogP contribution in [0.4, 0.5) is 0 Å². The van der Waals surface area contributed by atoms with Crippen molar-refractivity contribution in [3.63, 3.8) is 0 Å². The summed E-state index contributed by atoms with van der Waals surface area (Å²) in [5.74, 6) is 1.64. The molecule has 25 heavy (non-hydrogen) atoms. The lowest BCUT2D eigenvalue weighted by molar-refractivity contribution is 0.102. The quantitative estimate of drug-likeness (QED) is 0.515. The summed E-state index contributed by atoms with van der Waals surface area (Å²) in [6.45, 7) is 2.26. The fourth-order valence-corrected chi connectivity index (χ4v) is 3.56. The number of imidazole rings is 1. The maximum absolute atomic E-state index is 12.5. The second-order valence-corrected chi connectivity index (χ2v) is 6.59. The first-order valence-electron chi connectivity index (χ1n) is 7.87. The van der Waals surface area contributed by atoms with Crippen LogP contribution in [0.3, 0.4) is 0 Å². The summed E-state index contributed by atoms with van der Waals surface area (Å²) in [7, 11) is 0. The standard InChI is InChI=1S/C19H16N2O3S/c1-13-4-2-3-5-15(13)21-9-8-20-19(21)25-11-16(22)14-6-7-17-18(10-14)24-12-23-17/h2-10H,11-12H2,1H3. The molecule has 6 heteroatoms. The van der Waals surface area contributed by atoms with E-state index in [0.29, 0.717) is 22.8 Å². The first-order chi connectivity index (χ1) is 12.2. The molecule has 5 nitrogen and oxygen atoms in total. The second kappa shape index (κ2) is 6.64. The number of para-hydroxylation sites is 1. The van der Waals surface area contributed by atoms with E-state index in [2.05, 4.69) is 18.0 Å². The van der Waals surface area contributed by atoms with Crippen LogP contribution < -0.4 is 9.47 Å². The molecule has 0 bridgehead atoms. The number of aromatic nitrogens is 2. The molecular formula is C19H16N2O3S. The number of fused-ring (bicyclic) bond motifs is 1. The van der Waals surface area contributed by atoms with Crippen molar-refractivity contribution in [1.29, 1.82) is 0 Å². The molecule has 0 unspecified atom stereocenters. The number of ketones is 1. The molecule has 2 heterocycles. The van der Waals surface area contributed by atoms with Gasteiger partial charge in [-0.05, 0) is 36.8 Å². The van der Waals surface area contributed by atoms with Gasteiger partial charge in [-0.2, -0.15) is 0 Å². The zero-order valence-corrected chi connectivity index (χ0v) is 14.5. The fourth-order valence-electron chi connectivity index (χ4n) is 2.70. The highest BCUT2D eigenvalue weighted by Gasteiger charge is 2.17. The number of hydrogen-bond donors (Lipinski definition) is 0. The van der Waals surface area contributed by atoms with Crippen LogP contribution in [0.1, 0.15) is 15.9 Å². The van der Waals surface area contributed by atoms with Crippen molar-refractivity contribution in [2.24, 2.45) is 0 Å². The van der Waals surface area contributed by atoms with Gasteiger partial charge in [-0.25, -0.2) is 4.98 Å². The Balaban J connectivity index is 1.50. The monoisotopic (exact) mass is 352 g/mol. The number of hydrogen-bond acceptors (Lipinski definition) is 5. The lowest BCUT2D eigenvalue weighted by Crippen LogP contribution is -2.04. The van der Waals surface area contributed by atoms with Gasteiger partial charge in [0, 0.05) is 18.0 Å². The largest absolute Gasteiger partial charge is 0.454 e. The Hall–Kier alpha value is -2.73. The number of carbonyl (C=O) groups is 1. The molecule has 0 saturated heterocycles. The number of benzene rings is 2. The van der Waals surface area contributed by atoms with E-state index in [-0.39, 0.29) is 12.6 Å². The topological polar surface area (TPSA) is 53.4 Å². The van der Waals surface area contributed by atoms with Crippen LogP contribution in [0.25, 0.3) is 5.69 Å². The van der Waals surface area contributed by atoms with Gasteiger partial charge < -0.3 is 9.47 Å². The molecule has 126 valence electrons. The average molecular weight is 352 g/mol. The van der Waals surface area contributed by atoms with E-state index in [9.17, 15) is 4.79 Å². The third kappa shape index (κ3) is 3.13. The molecule has 3 aromatic rings. The van der Waals surface area contributed by atoms with Crippen molar-refractivity contribution >= 4 is 17.5 Å². The van der Waals surface area contributed by atoms with Gasteiger partial charge in [-0.1, -0.05) is 30.0 Å². The third-order valence-electron chi connectivity index (χ3n) is 4.01. The summed E-state index contributed by atoms with van der Waals surface area (Å²) in [6, 6.07) is 13.4. The van der Waals surface area contributed by atoms with Crippen molar-refractivity contribution in [2.45, 2.75) is 12.1 Å². The molecule has 1 aromatic heterocycles. The van der Waals surface area contributed by atoms with Gasteiger partial charge in [0.05, 0.1) is 11.4 Å². The van der Waals surface area contributed by atoms with Gasteiger partial charge in [-0.15, -0.1) is 0 Å². The van der Waals surface area contributed by atoms with Crippen LogP contribution in [-0.2, 0) is 0 Å². The van der Waals surface area contributed by atoms with Crippen LogP contribution in [0.15, 0.2) is 60.0 Å². The highest BCUT2D eigenvalue weighted by Crippen LogP contribution is 2.33. The summed E-state index contributed by atoms with van der Waals surface area (Å²) in [4.78, 5) is 16.9. The van der Waals surface area contributed by atoms with Gasteiger partial charge in [-0.3, -0.25) is 9.36 Å². The number of thioether (sulfide) groups is 1. The highest BCUT2D eigenvalue weighted by molar-refractivity contribution is 7.99. The summed E-state index contributed by atoms with van der Waals surface area (Å²) >= 11 is 1.42. The summed E-state index contributed by atoms with van der Waals surface area (Å²) < 4.78 is 12.6. The molecule has 1 aliphatic heterocycles. The minimum atomic E-state index is 0.0302. The van der Waals surface area contributed by atoms with E-state index >= 15 is 0 Å². The molecule has 0 spiro atoms. The zero-order valence-electron chi connectivity index (χ0n) is 13.6. The minimum absolute atomic E-state index is 0.0302. The van der Waals surface area contributed by atoms with E-state index in [4.69, 9.17) is 9.47 Å². The summed E-state index contributed by atoms with van der Waals surface area (Å²) in [5.41, 5.74) is 2.84. The Morgan fingerprint density at radius 2 is 2.04 bits per heavy atom. The number of carbonyl (C=O) groups excluding carboxylic acids is 1. The molecule has 0 aliphatic carbocycles. The van der Waals surface area contributed by atoms with Crippen LogP contribution in [-0.4, -0.2) is 27.9 Å². The van der Waals surface area contributed by atoms with E-state index < -0.39 is 0 Å². The first-order valence-corrected chi connectivity index (χ1v) is 8.86. The van der Waals surface area contributed by atoms with Gasteiger partial charge in [0.15, 0.2) is 22.4 Å². The number of rotatable bonds is 5. The van der Waals surface area contributed by atoms with E-state index in [1.807, 2.05) is 29.0 Å². The summed E-state index contributed by atoms with van der Waals surface area (Å²) in [6.07, 6.45) is 3.66. The van der Waals surface area contributed by atoms with Gasteiger partial charge >= 0.3 is 0 Å². The van der Waals surface area contributed by atoms with Gasteiger partial charge in [0.1, 0.15) is 0 Å². The van der Waals surface area contributed by atoms with Crippen molar-refractivity contribution in [1.82, 2.24) is 9.55 Å². The van der Waals surface area contributed by atoms with Crippen LogP contribution >= 0.6 is 11.8 Å². The maximum atomic E-state index is 12.5. The molecular weight excluding hydrogens is 336 g/mol. The average Bonchev–Trinajstić information content (AvgIpc) is 3.28. The number of aryl methyl sites for hydroxylation is 1. The molecule has 0 fully saturated rings. The molecule has 0 radical (unpaired) electrons. The molecule has 2 aromatic carbocycles. The molecule has 1 aliphatic rings. The Kier molecular flexibility index (Phi) is 4.19. The minimum Gasteiger partial charge on any atom is -0.454 e. The lowest BCUT2D eigenvalue weighted by Gasteiger charge is -2.10. The van der Waals surface area contributed by atoms with Gasteiger partial charge in [0.2, 0.25) is 6.79 Å². The van der Waals surface area contributed by atoms with E-state index in [1.54, 1.807) is 24.4 Å². The number of ether oxygens (including phenoxy) is 2. The maximum Gasteiger partial charge on any atom is 0.231 e. The second-order valence-electron chi connectivity index (χ2n) is 5.65. The number of nitrogens with zero attached hydrogens (tertiary/aromatic N) is 2. The van der Waals surface area contributed by atoms with Crippen LogP contribution in [0, 0.1) is 6.92 Å². The normalized spacial score (nSPS) is 12.4. The van der Waals surface area contributed by atoms with Crippen molar-refractivity contribution in [2.75, 3.05) is 12.5 Å². The van der Waals surface area contributed by atoms with E-state index in [1.165, 1.54) is 11.8 Å².